The van der Waals surface area contributed by atoms with Gasteiger partial charge in [-0.05, 0) is 6.92 Å². The molecule has 0 spiro atoms. The van der Waals surface area contributed by atoms with E-state index in [0.29, 0.717) is 5.96 Å². The number of hydrogen-bond acceptors (Lipinski definition) is 6. The van der Waals surface area contributed by atoms with Crippen LogP contribution in [0.2, 0.25) is 0 Å². The van der Waals surface area contributed by atoms with Crippen LogP contribution in [0.3, 0.4) is 0 Å². The minimum Gasteiger partial charge on any atom is -0.370 e. The summed E-state index contributed by atoms with van der Waals surface area (Å²) in [5.41, 5.74) is 6.65. The van der Waals surface area contributed by atoms with Crippen molar-refractivity contribution in [1.82, 2.24) is 16.0 Å². The van der Waals surface area contributed by atoms with E-state index in [1.807, 2.05) is 0 Å². The molecule has 3 aliphatic heterocycles. The van der Waals surface area contributed by atoms with E-state index in [1.54, 1.807) is 0 Å². The zero-order chi connectivity index (χ0) is 10.6. The van der Waals surface area contributed by atoms with Crippen molar-refractivity contribution in [2.45, 2.75) is 31.6 Å². The molecule has 3 aliphatic rings. The maximum atomic E-state index is 5.70. The molecule has 0 aliphatic carbocycles. The Balaban J connectivity index is 1.91. The van der Waals surface area contributed by atoms with Crippen molar-refractivity contribution in [2.24, 2.45) is 16.6 Å². The van der Waals surface area contributed by atoms with Gasteiger partial charge in [0.25, 0.3) is 0 Å². The first kappa shape index (κ1) is 8.99. The molecule has 3 rings (SSSR count). The largest absolute Gasteiger partial charge is 0.370 e. The molecule has 0 aromatic heterocycles. The van der Waals surface area contributed by atoms with E-state index in [2.05, 4.69) is 34.4 Å². The highest BCUT2D eigenvalue weighted by Gasteiger charge is 2.48. The van der Waals surface area contributed by atoms with Gasteiger partial charge in [-0.2, -0.15) is 0 Å². The third kappa shape index (κ3) is 1.37. The lowest BCUT2D eigenvalue weighted by Gasteiger charge is -2.35. The monoisotopic (exact) mass is 209 g/mol. The first-order chi connectivity index (χ1) is 7.15. The van der Waals surface area contributed by atoms with Gasteiger partial charge in [0.15, 0.2) is 18.4 Å². The van der Waals surface area contributed by atoms with Gasteiger partial charge in [-0.3, -0.25) is 5.32 Å². The van der Waals surface area contributed by atoms with Crippen LogP contribution in [-0.2, 0) is 4.74 Å². The molecule has 0 radical (unpaired) electrons. The number of aliphatic imine (C=N–C) groups is 1. The Morgan fingerprint density at radius 1 is 1.40 bits per heavy atom. The zero-order valence-corrected chi connectivity index (χ0v) is 8.53. The van der Waals surface area contributed by atoms with Gasteiger partial charge >= 0.3 is 0 Å². The lowest BCUT2D eigenvalue weighted by molar-refractivity contribution is 0.247. The second-order valence-corrected chi connectivity index (χ2v) is 4.23. The molecule has 0 aromatic carbocycles. The number of hydrogen-bond donors (Lipinski definition) is 4. The van der Waals surface area contributed by atoms with Crippen molar-refractivity contribution in [3.05, 3.63) is 12.3 Å². The summed E-state index contributed by atoms with van der Waals surface area (Å²) in [5.74, 6) is 0.678. The number of rotatable bonds is 0. The number of guanidine groups is 1. The summed E-state index contributed by atoms with van der Waals surface area (Å²) >= 11 is 0. The summed E-state index contributed by atoms with van der Waals surface area (Å²) in [7, 11) is 0. The fraction of sp³-hybridized carbons (Fsp3) is 0.667. The first-order valence-corrected chi connectivity index (χ1v) is 5.12. The lowest BCUT2D eigenvalue weighted by atomic mass is 9.93. The maximum absolute atomic E-state index is 5.70. The van der Waals surface area contributed by atoms with Crippen LogP contribution in [0.25, 0.3) is 0 Å². The van der Waals surface area contributed by atoms with Gasteiger partial charge in [-0.15, -0.1) is 0 Å². The quantitative estimate of drug-likeness (QED) is 0.370. The number of ether oxygens (including phenoxy) is 1. The van der Waals surface area contributed by atoms with E-state index in [1.165, 1.54) is 0 Å². The summed E-state index contributed by atoms with van der Waals surface area (Å²) in [6.07, 6.45) is 0.0454. The van der Waals surface area contributed by atoms with Crippen LogP contribution in [0.15, 0.2) is 17.3 Å². The molecule has 6 heteroatoms. The molecule has 0 amide bonds. The van der Waals surface area contributed by atoms with E-state index >= 15 is 0 Å². The number of epoxide rings is 1. The SMILES string of the molecule is C=C1NC2OC2NC2N=C(N)NC(C)C12. The van der Waals surface area contributed by atoms with Crippen LogP contribution in [0.5, 0.6) is 0 Å². The molecular formula is C9H15N5O. The molecule has 6 nitrogen and oxygen atoms in total. The normalized spacial score (nSPS) is 47.7. The average Bonchev–Trinajstić information content (AvgIpc) is 2.80. The van der Waals surface area contributed by atoms with Crippen LogP contribution in [0.1, 0.15) is 6.92 Å². The van der Waals surface area contributed by atoms with E-state index in [-0.39, 0.29) is 30.6 Å². The van der Waals surface area contributed by atoms with Gasteiger partial charge in [0, 0.05) is 11.7 Å². The fourth-order valence-corrected chi connectivity index (χ4v) is 2.29. The predicted octanol–water partition coefficient (Wildman–Crippen LogP) is -1.38. The lowest BCUT2D eigenvalue weighted by Crippen LogP contribution is -2.55. The van der Waals surface area contributed by atoms with E-state index < -0.39 is 0 Å². The third-order valence-corrected chi connectivity index (χ3v) is 3.09. The first-order valence-electron chi connectivity index (χ1n) is 5.12. The van der Waals surface area contributed by atoms with Crippen LogP contribution < -0.4 is 21.7 Å². The Hall–Kier alpha value is -1.27. The van der Waals surface area contributed by atoms with Gasteiger partial charge in [-0.1, -0.05) is 6.58 Å². The summed E-state index contributed by atoms with van der Waals surface area (Å²) in [6, 6.07) is 0.220. The molecule has 2 saturated heterocycles. The second kappa shape index (κ2) is 2.86. The molecule has 3 heterocycles. The van der Waals surface area contributed by atoms with Crippen molar-refractivity contribution in [3.63, 3.8) is 0 Å². The topological polar surface area (TPSA) is 87.0 Å². The van der Waals surface area contributed by atoms with Crippen molar-refractivity contribution in [2.75, 3.05) is 0 Å². The van der Waals surface area contributed by atoms with E-state index in [9.17, 15) is 0 Å². The molecule has 15 heavy (non-hydrogen) atoms. The van der Waals surface area contributed by atoms with Crippen LogP contribution in [-0.4, -0.2) is 30.6 Å². The number of nitrogens with zero attached hydrogens (tertiary/aromatic N) is 1. The van der Waals surface area contributed by atoms with Gasteiger partial charge in [0.2, 0.25) is 0 Å². The van der Waals surface area contributed by atoms with Crippen molar-refractivity contribution < 1.29 is 4.74 Å². The van der Waals surface area contributed by atoms with E-state index in [4.69, 9.17) is 10.5 Å². The molecule has 82 valence electrons. The summed E-state index contributed by atoms with van der Waals surface area (Å²) < 4.78 is 5.33. The molecule has 0 saturated carbocycles. The Kier molecular flexibility index (Phi) is 1.72. The van der Waals surface area contributed by atoms with Gasteiger partial charge in [0.05, 0.1) is 5.92 Å². The van der Waals surface area contributed by atoms with Crippen LogP contribution in [0, 0.1) is 5.92 Å². The standard InChI is InChI=1S/C9H15N5O/c1-3-5-4(2)12-9(10)14-6(5)13-8-7(11-3)15-8/h4-8,11,13H,1H2,2H3,(H3,10,12,14). The Morgan fingerprint density at radius 2 is 2.20 bits per heavy atom. The van der Waals surface area contributed by atoms with Crippen LogP contribution >= 0.6 is 0 Å². The van der Waals surface area contributed by atoms with Gasteiger partial charge in [-0.25, -0.2) is 4.99 Å². The summed E-state index contributed by atoms with van der Waals surface area (Å²) in [6.45, 7) is 6.10. The van der Waals surface area contributed by atoms with Gasteiger partial charge < -0.3 is 21.1 Å². The molecule has 2 fully saturated rings. The molecule has 5 atom stereocenters. The highest BCUT2D eigenvalue weighted by molar-refractivity contribution is 5.79. The van der Waals surface area contributed by atoms with E-state index in [0.717, 1.165) is 5.70 Å². The molecule has 0 bridgehead atoms. The minimum absolute atomic E-state index is 0.0404. The highest BCUT2D eigenvalue weighted by atomic mass is 16.6. The third-order valence-electron chi connectivity index (χ3n) is 3.09. The fourth-order valence-electron chi connectivity index (χ4n) is 2.29. The Morgan fingerprint density at radius 3 is 3.00 bits per heavy atom. The van der Waals surface area contributed by atoms with Gasteiger partial charge in [0.1, 0.15) is 6.17 Å². The molecule has 0 aromatic rings. The summed E-state index contributed by atoms with van der Waals surface area (Å²) in [4.78, 5) is 4.33. The highest BCUT2D eigenvalue weighted by Crippen LogP contribution is 2.30. The number of nitrogens with two attached hydrogens (primary N) is 1. The average molecular weight is 209 g/mol. The summed E-state index contributed by atoms with van der Waals surface area (Å²) in [5, 5.41) is 9.64. The molecule has 5 N–H and O–H groups in total. The minimum atomic E-state index is -0.0428. The van der Waals surface area contributed by atoms with Crippen LogP contribution in [0.4, 0.5) is 0 Å². The Bertz CT molecular complexity index is 341. The molecular weight excluding hydrogens is 194 g/mol. The second-order valence-electron chi connectivity index (χ2n) is 4.23. The number of fused-ring (bicyclic) bond motifs is 2. The molecule has 5 unspecified atom stereocenters. The predicted molar refractivity (Wildman–Crippen MR) is 55.6 cm³/mol. The van der Waals surface area contributed by atoms with Crippen molar-refractivity contribution in [3.8, 4) is 0 Å². The smallest absolute Gasteiger partial charge is 0.190 e. The number of nitrogens with one attached hydrogen (secondary N) is 3. The Labute approximate surface area is 88.0 Å². The van der Waals surface area contributed by atoms with Crippen molar-refractivity contribution in [1.29, 1.82) is 0 Å². The zero-order valence-electron chi connectivity index (χ0n) is 8.53. The maximum Gasteiger partial charge on any atom is 0.190 e. The van der Waals surface area contributed by atoms with Crippen molar-refractivity contribution >= 4 is 5.96 Å².